The van der Waals surface area contributed by atoms with Gasteiger partial charge in [-0.2, -0.15) is 0 Å². The summed E-state index contributed by atoms with van der Waals surface area (Å²) < 4.78 is 0. The van der Waals surface area contributed by atoms with Gasteiger partial charge < -0.3 is 15.3 Å². The van der Waals surface area contributed by atoms with E-state index in [-0.39, 0.29) is 6.04 Å². The predicted octanol–water partition coefficient (Wildman–Crippen LogP) is 1.08. The second kappa shape index (κ2) is 5.28. The third-order valence-corrected chi connectivity index (χ3v) is 3.49. The average Bonchev–Trinajstić information content (AvgIpc) is 2.12. The summed E-state index contributed by atoms with van der Waals surface area (Å²) in [6, 6.07) is 0.157. The van der Waals surface area contributed by atoms with Gasteiger partial charge in [0.25, 0.3) is 0 Å². The maximum atomic E-state index is 9.79. The van der Waals surface area contributed by atoms with Gasteiger partial charge in [0.1, 0.15) is 0 Å². The van der Waals surface area contributed by atoms with Crippen molar-refractivity contribution in [2.75, 3.05) is 26.7 Å². The first-order valence-electron chi connectivity index (χ1n) is 6.04. The molecular weight excluding hydrogens is 188 g/mol. The SMILES string of the molecule is CC(NCC1CCCN(C)C1)C(C)(C)O. The van der Waals surface area contributed by atoms with E-state index < -0.39 is 5.60 Å². The zero-order valence-electron chi connectivity index (χ0n) is 10.6. The topological polar surface area (TPSA) is 35.5 Å². The molecule has 1 aliphatic rings. The van der Waals surface area contributed by atoms with Crippen molar-refractivity contribution < 1.29 is 5.11 Å². The van der Waals surface area contributed by atoms with E-state index in [1.54, 1.807) is 0 Å². The highest BCUT2D eigenvalue weighted by Gasteiger charge is 2.23. The van der Waals surface area contributed by atoms with Gasteiger partial charge in [-0.25, -0.2) is 0 Å². The second-order valence-corrected chi connectivity index (χ2v) is 5.55. The maximum Gasteiger partial charge on any atom is 0.0741 e. The van der Waals surface area contributed by atoms with Gasteiger partial charge in [0.15, 0.2) is 0 Å². The molecule has 1 fully saturated rings. The minimum absolute atomic E-state index is 0.157. The fraction of sp³-hybridized carbons (Fsp3) is 1.00. The number of nitrogens with one attached hydrogen (secondary N) is 1. The van der Waals surface area contributed by atoms with E-state index >= 15 is 0 Å². The summed E-state index contributed by atoms with van der Waals surface area (Å²) in [5.74, 6) is 0.744. The van der Waals surface area contributed by atoms with Crippen molar-refractivity contribution in [2.45, 2.75) is 45.3 Å². The van der Waals surface area contributed by atoms with Crippen molar-refractivity contribution in [2.24, 2.45) is 5.92 Å². The Morgan fingerprint density at radius 2 is 2.20 bits per heavy atom. The van der Waals surface area contributed by atoms with E-state index in [4.69, 9.17) is 0 Å². The quantitative estimate of drug-likeness (QED) is 0.735. The number of aliphatic hydroxyl groups is 1. The highest BCUT2D eigenvalue weighted by molar-refractivity contribution is 4.81. The molecule has 0 aliphatic carbocycles. The first kappa shape index (κ1) is 12.9. The number of hydrogen-bond donors (Lipinski definition) is 2. The summed E-state index contributed by atoms with van der Waals surface area (Å²) in [7, 11) is 2.19. The molecule has 0 aromatic heterocycles. The van der Waals surface area contributed by atoms with E-state index in [1.165, 1.54) is 25.9 Å². The molecule has 15 heavy (non-hydrogen) atoms. The van der Waals surface area contributed by atoms with Crippen LogP contribution in [0.2, 0.25) is 0 Å². The zero-order chi connectivity index (χ0) is 11.5. The molecule has 1 rings (SSSR count). The molecule has 3 heteroatoms. The lowest BCUT2D eigenvalue weighted by atomic mass is 9.96. The molecule has 2 unspecified atom stereocenters. The molecule has 1 heterocycles. The molecule has 0 amide bonds. The monoisotopic (exact) mass is 214 g/mol. The van der Waals surface area contributed by atoms with Gasteiger partial charge in [0, 0.05) is 12.6 Å². The molecule has 1 aliphatic heterocycles. The minimum atomic E-state index is -0.624. The third kappa shape index (κ3) is 4.49. The number of hydrogen-bond acceptors (Lipinski definition) is 3. The number of nitrogens with zero attached hydrogens (tertiary/aromatic N) is 1. The summed E-state index contributed by atoms with van der Waals surface area (Å²) in [5, 5.41) is 13.2. The van der Waals surface area contributed by atoms with Crippen LogP contribution in [0.4, 0.5) is 0 Å². The first-order valence-corrected chi connectivity index (χ1v) is 6.04. The summed E-state index contributed by atoms with van der Waals surface area (Å²) >= 11 is 0. The summed E-state index contributed by atoms with van der Waals surface area (Å²) in [4.78, 5) is 2.39. The normalized spacial score (nSPS) is 26.6. The van der Waals surface area contributed by atoms with Crippen molar-refractivity contribution in [3.63, 3.8) is 0 Å². The second-order valence-electron chi connectivity index (χ2n) is 5.55. The van der Waals surface area contributed by atoms with Crippen molar-refractivity contribution >= 4 is 0 Å². The van der Waals surface area contributed by atoms with Crippen LogP contribution in [-0.4, -0.2) is 48.3 Å². The highest BCUT2D eigenvalue weighted by Crippen LogP contribution is 2.15. The smallest absolute Gasteiger partial charge is 0.0741 e. The van der Waals surface area contributed by atoms with Crippen molar-refractivity contribution in [1.82, 2.24) is 10.2 Å². The van der Waals surface area contributed by atoms with E-state index in [9.17, 15) is 5.11 Å². The van der Waals surface area contributed by atoms with E-state index in [2.05, 4.69) is 17.3 Å². The molecule has 2 N–H and O–H groups in total. The average molecular weight is 214 g/mol. The molecule has 0 aromatic rings. The molecule has 2 atom stereocenters. The lowest BCUT2D eigenvalue weighted by Gasteiger charge is -2.33. The molecule has 1 saturated heterocycles. The lowest BCUT2D eigenvalue weighted by Crippen LogP contribution is -2.47. The molecule has 0 bridgehead atoms. The Morgan fingerprint density at radius 1 is 1.53 bits per heavy atom. The van der Waals surface area contributed by atoms with E-state index in [1.807, 2.05) is 20.8 Å². The van der Waals surface area contributed by atoms with Gasteiger partial charge in [-0.3, -0.25) is 0 Å². The van der Waals surface area contributed by atoms with Gasteiger partial charge >= 0.3 is 0 Å². The molecule has 0 saturated carbocycles. The Bertz CT molecular complexity index is 189. The molecular formula is C12H26N2O. The maximum absolute atomic E-state index is 9.79. The Kier molecular flexibility index (Phi) is 4.56. The molecule has 0 spiro atoms. The molecule has 3 nitrogen and oxygen atoms in total. The molecule has 90 valence electrons. The highest BCUT2D eigenvalue weighted by atomic mass is 16.3. The van der Waals surface area contributed by atoms with Crippen LogP contribution in [-0.2, 0) is 0 Å². The van der Waals surface area contributed by atoms with Crippen LogP contribution >= 0.6 is 0 Å². The van der Waals surface area contributed by atoms with Crippen LogP contribution in [0.25, 0.3) is 0 Å². The fourth-order valence-electron chi connectivity index (χ4n) is 2.03. The van der Waals surface area contributed by atoms with Gasteiger partial charge in [-0.15, -0.1) is 0 Å². The van der Waals surface area contributed by atoms with Crippen LogP contribution in [0.3, 0.4) is 0 Å². The van der Waals surface area contributed by atoms with Crippen molar-refractivity contribution in [3.8, 4) is 0 Å². The Labute approximate surface area is 93.9 Å². The van der Waals surface area contributed by atoms with Gasteiger partial charge in [0.2, 0.25) is 0 Å². The predicted molar refractivity (Wildman–Crippen MR) is 64.0 cm³/mol. The van der Waals surface area contributed by atoms with Crippen molar-refractivity contribution in [1.29, 1.82) is 0 Å². The van der Waals surface area contributed by atoms with Crippen LogP contribution in [0, 0.1) is 5.92 Å². The van der Waals surface area contributed by atoms with E-state index in [0.29, 0.717) is 0 Å². The fourth-order valence-corrected chi connectivity index (χ4v) is 2.03. The Hall–Kier alpha value is -0.120. The Morgan fingerprint density at radius 3 is 2.73 bits per heavy atom. The van der Waals surface area contributed by atoms with Crippen LogP contribution < -0.4 is 5.32 Å². The summed E-state index contributed by atoms with van der Waals surface area (Å²) in [6.07, 6.45) is 2.62. The summed E-state index contributed by atoms with van der Waals surface area (Å²) in [5.41, 5.74) is -0.624. The number of piperidine rings is 1. The Balaban J connectivity index is 2.24. The first-order chi connectivity index (χ1) is 6.89. The number of rotatable bonds is 4. The van der Waals surface area contributed by atoms with Gasteiger partial charge in [-0.1, -0.05) is 0 Å². The van der Waals surface area contributed by atoms with Crippen LogP contribution in [0.15, 0.2) is 0 Å². The lowest BCUT2D eigenvalue weighted by molar-refractivity contribution is 0.0413. The van der Waals surface area contributed by atoms with E-state index in [0.717, 1.165) is 12.5 Å². The van der Waals surface area contributed by atoms with Gasteiger partial charge in [0.05, 0.1) is 5.60 Å². The van der Waals surface area contributed by atoms with Gasteiger partial charge in [-0.05, 0) is 59.7 Å². The zero-order valence-corrected chi connectivity index (χ0v) is 10.6. The minimum Gasteiger partial charge on any atom is -0.389 e. The molecule has 0 aromatic carbocycles. The largest absolute Gasteiger partial charge is 0.389 e. The molecule has 0 radical (unpaired) electrons. The van der Waals surface area contributed by atoms with Crippen LogP contribution in [0.1, 0.15) is 33.6 Å². The van der Waals surface area contributed by atoms with Crippen LogP contribution in [0.5, 0.6) is 0 Å². The third-order valence-electron chi connectivity index (χ3n) is 3.49. The van der Waals surface area contributed by atoms with Crippen molar-refractivity contribution in [3.05, 3.63) is 0 Å². The standard InChI is InChI=1S/C12H26N2O/c1-10(12(2,3)15)13-8-11-6-5-7-14(4)9-11/h10-11,13,15H,5-9H2,1-4H3. The number of likely N-dealkylation sites (tertiary alicyclic amines) is 1. The summed E-state index contributed by atoms with van der Waals surface area (Å²) in [6.45, 7) is 9.21.